The van der Waals surface area contributed by atoms with E-state index < -0.39 is 0 Å². The van der Waals surface area contributed by atoms with E-state index in [0.717, 1.165) is 24.3 Å². The number of hydrogen-bond acceptors (Lipinski definition) is 3. The lowest BCUT2D eigenvalue weighted by Gasteiger charge is -2.25. The Balaban J connectivity index is 1.71. The van der Waals surface area contributed by atoms with Crippen LogP contribution in [0.2, 0.25) is 0 Å². The van der Waals surface area contributed by atoms with Crippen molar-refractivity contribution in [1.29, 1.82) is 0 Å². The van der Waals surface area contributed by atoms with Crippen molar-refractivity contribution in [3.8, 4) is 0 Å². The molecule has 0 radical (unpaired) electrons. The lowest BCUT2D eigenvalue weighted by Crippen LogP contribution is -2.34. The van der Waals surface area contributed by atoms with Crippen LogP contribution in [0, 0.1) is 5.92 Å². The highest BCUT2D eigenvalue weighted by Gasteiger charge is 2.24. The molecule has 0 atom stereocenters. The number of nitrogens with zero attached hydrogens (tertiary/aromatic N) is 4. The molecule has 2 aromatic heterocycles. The first-order chi connectivity index (χ1) is 9.75. The molecule has 5 nitrogen and oxygen atoms in total. The predicted octanol–water partition coefficient (Wildman–Crippen LogP) is 2.27. The van der Waals surface area contributed by atoms with E-state index >= 15 is 0 Å². The Morgan fingerprint density at radius 1 is 1.30 bits per heavy atom. The standard InChI is InChI=1S/C15H20N4O/c1-18(15(20)12-7-3-2-4-8-12)11-14-17-16-13-9-5-6-10-19(13)14/h5-6,9-10,12H,2-4,7-8,11H2,1H3. The summed E-state index contributed by atoms with van der Waals surface area (Å²) in [5.74, 6) is 1.26. The van der Waals surface area contributed by atoms with Crippen LogP contribution in [0.5, 0.6) is 0 Å². The van der Waals surface area contributed by atoms with Crippen LogP contribution in [0.15, 0.2) is 24.4 Å². The van der Waals surface area contributed by atoms with E-state index in [1.165, 1.54) is 19.3 Å². The molecule has 0 saturated heterocycles. The summed E-state index contributed by atoms with van der Waals surface area (Å²) < 4.78 is 1.94. The average molecular weight is 272 g/mol. The maximum Gasteiger partial charge on any atom is 0.225 e. The molecule has 1 aliphatic carbocycles. The molecular weight excluding hydrogens is 252 g/mol. The Kier molecular flexibility index (Phi) is 3.67. The van der Waals surface area contributed by atoms with E-state index in [1.54, 1.807) is 4.90 Å². The zero-order valence-electron chi connectivity index (χ0n) is 11.8. The minimum absolute atomic E-state index is 0.202. The van der Waals surface area contributed by atoms with E-state index in [1.807, 2.05) is 35.8 Å². The van der Waals surface area contributed by atoms with Gasteiger partial charge in [0.1, 0.15) is 0 Å². The fraction of sp³-hybridized carbons (Fsp3) is 0.533. The zero-order chi connectivity index (χ0) is 13.9. The molecule has 20 heavy (non-hydrogen) atoms. The summed E-state index contributed by atoms with van der Waals surface area (Å²) in [6, 6.07) is 5.80. The highest BCUT2D eigenvalue weighted by molar-refractivity contribution is 5.78. The first kappa shape index (κ1) is 13.1. The van der Waals surface area contributed by atoms with Gasteiger partial charge in [-0.2, -0.15) is 0 Å². The van der Waals surface area contributed by atoms with E-state index in [2.05, 4.69) is 10.2 Å². The monoisotopic (exact) mass is 272 g/mol. The number of amides is 1. The molecule has 2 heterocycles. The van der Waals surface area contributed by atoms with Crippen molar-refractivity contribution in [2.75, 3.05) is 7.05 Å². The lowest BCUT2D eigenvalue weighted by molar-refractivity contribution is -0.135. The molecule has 0 spiro atoms. The van der Waals surface area contributed by atoms with E-state index in [4.69, 9.17) is 0 Å². The van der Waals surface area contributed by atoms with Crippen LogP contribution in [-0.4, -0.2) is 32.5 Å². The van der Waals surface area contributed by atoms with E-state index in [0.29, 0.717) is 6.54 Å². The average Bonchev–Trinajstić information content (AvgIpc) is 2.91. The van der Waals surface area contributed by atoms with Crippen molar-refractivity contribution in [3.63, 3.8) is 0 Å². The molecule has 0 aromatic carbocycles. The van der Waals surface area contributed by atoms with Gasteiger partial charge >= 0.3 is 0 Å². The van der Waals surface area contributed by atoms with Crippen LogP contribution in [0.1, 0.15) is 37.9 Å². The number of rotatable bonds is 3. The van der Waals surface area contributed by atoms with Crippen molar-refractivity contribution in [2.24, 2.45) is 5.92 Å². The molecule has 5 heteroatoms. The van der Waals surface area contributed by atoms with Gasteiger partial charge in [-0.05, 0) is 25.0 Å². The van der Waals surface area contributed by atoms with Gasteiger partial charge < -0.3 is 4.90 Å². The summed E-state index contributed by atoms with van der Waals surface area (Å²) in [6.07, 6.45) is 7.62. The first-order valence-electron chi connectivity index (χ1n) is 7.29. The third kappa shape index (κ3) is 2.53. The number of fused-ring (bicyclic) bond motifs is 1. The van der Waals surface area contributed by atoms with Crippen molar-refractivity contribution in [2.45, 2.75) is 38.6 Å². The third-order valence-corrected chi connectivity index (χ3v) is 4.09. The topological polar surface area (TPSA) is 50.5 Å². The molecule has 1 fully saturated rings. The number of carbonyl (C=O) groups excluding carboxylic acids is 1. The Hall–Kier alpha value is -1.91. The summed E-state index contributed by atoms with van der Waals surface area (Å²) in [4.78, 5) is 14.2. The molecular formula is C15H20N4O. The number of aromatic nitrogens is 3. The minimum Gasteiger partial charge on any atom is -0.338 e. The summed E-state index contributed by atoms with van der Waals surface area (Å²) >= 11 is 0. The van der Waals surface area contributed by atoms with E-state index in [9.17, 15) is 4.79 Å². The van der Waals surface area contributed by atoms with Gasteiger partial charge in [0.05, 0.1) is 6.54 Å². The van der Waals surface area contributed by atoms with Gasteiger partial charge in [0.25, 0.3) is 0 Å². The van der Waals surface area contributed by atoms with Gasteiger partial charge in [-0.25, -0.2) is 0 Å². The van der Waals surface area contributed by atoms with Crippen molar-refractivity contribution in [3.05, 3.63) is 30.2 Å². The molecule has 2 aromatic rings. The highest BCUT2D eigenvalue weighted by atomic mass is 16.2. The third-order valence-electron chi connectivity index (χ3n) is 4.09. The molecule has 1 aliphatic rings. The Morgan fingerprint density at radius 2 is 2.10 bits per heavy atom. The second kappa shape index (κ2) is 5.61. The van der Waals surface area contributed by atoms with Gasteiger partial charge in [-0.1, -0.05) is 25.3 Å². The van der Waals surface area contributed by atoms with Crippen LogP contribution >= 0.6 is 0 Å². The summed E-state index contributed by atoms with van der Waals surface area (Å²) in [5.41, 5.74) is 0.820. The van der Waals surface area contributed by atoms with Crippen LogP contribution in [0.25, 0.3) is 5.65 Å². The number of pyridine rings is 1. The van der Waals surface area contributed by atoms with Gasteiger partial charge in [-0.3, -0.25) is 9.20 Å². The minimum atomic E-state index is 0.202. The predicted molar refractivity (Wildman–Crippen MR) is 76.0 cm³/mol. The van der Waals surface area contributed by atoms with Gasteiger partial charge in [0, 0.05) is 19.2 Å². The van der Waals surface area contributed by atoms with Gasteiger partial charge in [0.2, 0.25) is 5.91 Å². The SMILES string of the molecule is CN(Cc1nnc2ccccn12)C(=O)C1CCCCC1. The Morgan fingerprint density at radius 3 is 2.90 bits per heavy atom. The summed E-state index contributed by atoms with van der Waals surface area (Å²) in [5, 5.41) is 8.30. The van der Waals surface area contributed by atoms with Crippen LogP contribution in [0.4, 0.5) is 0 Å². The summed E-state index contributed by atoms with van der Waals surface area (Å²) in [6.45, 7) is 0.514. The highest BCUT2D eigenvalue weighted by Crippen LogP contribution is 2.25. The Labute approximate surface area is 118 Å². The van der Waals surface area contributed by atoms with Gasteiger partial charge in [0.15, 0.2) is 11.5 Å². The molecule has 1 amide bonds. The Bertz CT molecular complexity index is 601. The van der Waals surface area contributed by atoms with Gasteiger partial charge in [-0.15, -0.1) is 10.2 Å². The number of carbonyl (C=O) groups is 1. The molecule has 0 N–H and O–H groups in total. The fourth-order valence-corrected chi connectivity index (χ4v) is 2.95. The van der Waals surface area contributed by atoms with Crippen LogP contribution in [0.3, 0.4) is 0 Å². The summed E-state index contributed by atoms with van der Waals surface area (Å²) in [7, 11) is 1.86. The fourth-order valence-electron chi connectivity index (χ4n) is 2.95. The normalized spacial score (nSPS) is 16.4. The molecule has 0 aliphatic heterocycles. The second-order valence-corrected chi connectivity index (χ2v) is 5.57. The van der Waals surface area contributed by atoms with Crippen LogP contribution < -0.4 is 0 Å². The molecule has 1 saturated carbocycles. The van der Waals surface area contributed by atoms with E-state index in [-0.39, 0.29) is 11.8 Å². The first-order valence-corrected chi connectivity index (χ1v) is 7.29. The maximum atomic E-state index is 12.4. The molecule has 0 unspecified atom stereocenters. The van der Waals surface area contributed by atoms with Crippen LogP contribution in [-0.2, 0) is 11.3 Å². The quantitative estimate of drug-likeness (QED) is 0.861. The molecule has 0 bridgehead atoms. The zero-order valence-corrected chi connectivity index (χ0v) is 11.8. The second-order valence-electron chi connectivity index (χ2n) is 5.57. The largest absolute Gasteiger partial charge is 0.338 e. The smallest absolute Gasteiger partial charge is 0.225 e. The molecule has 106 valence electrons. The van der Waals surface area contributed by atoms with Crippen molar-refractivity contribution in [1.82, 2.24) is 19.5 Å². The number of hydrogen-bond donors (Lipinski definition) is 0. The maximum absolute atomic E-state index is 12.4. The lowest BCUT2D eigenvalue weighted by atomic mass is 9.88. The molecule has 3 rings (SSSR count). The van der Waals surface area contributed by atoms with Crippen molar-refractivity contribution >= 4 is 11.6 Å². The van der Waals surface area contributed by atoms with Crippen molar-refractivity contribution < 1.29 is 4.79 Å².